The van der Waals surface area contributed by atoms with Crippen molar-refractivity contribution in [3.63, 3.8) is 0 Å². The van der Waals surface area contributed by atoms with E-state index in [1.165, 1.54) is 0 Å². The van der Waals surface area contributed by atoms with E-state index >= 15 is 0 Å². The maximum Gasteiger partial charge on any atom is 0.319 e. The van der Waals surface area contributed by atoms with E-state index < -0.39 is 27.6 Å². The fourth-order valence-electron chi connectivity index (χ4n) is 2.04. The zero-order chi connectivity index (χ0) is 20.0. The van der Waals surface area contributed by atoms with Crippen molar-refractivity contribution in [2.75, 3.05) is 23.4 Å². The van der Waals surface area contributed by atoms with Crippen molar-refractivity contribution in [1.29, 1.82) is 0 Å². The third-order valence-corrected chi connectivity index (χ3v) is 5.02. The molecule has 7 nitrogen and oxygen atoms in total. The molecule has 0 fully saturated rings. The van der Waals surface area contributed by atoms with Crippen LogP contribution in [-0.4, -0.2) is 33.2 Å². The molecule has 0 aliphatic heterocycles. The number of benzene rings is 2. The van der Waals surface area contributed by atoms with Gasteiger partial charge in [-0.05, 0) is 42.5 Å². The van der Waals surface area contributed by atoms with Gasteiger partial charge in [-0.1, -0.05) is 15.9 Å². The summed E-state index contributed by atoms with van der Waals surface area (Å²) in [5.74, 6) is -1.32. The summed E-state index contributed by atoms with van der Waals surface area (Å²) >= 11 is 3.28. The van der Waals surface area contributed by atoms with Crippen molar-refractivity contribution in [1.82, 2.24) is 5.32 Å². The van der Waals surface area contributed by atoms with E-state index in [0.29, 0.717) is 5.69 Å². The monoisotopic (exact) mass is 457 g/mol. The molecule has 3 N–H and O–H groups in total. The quantitative estimate of drug-likeness (QED) is 0.579. The lowest BCUT2D eigenvalue weighted by atomic mass is 10.3. The van der Waals surface area contributed by atoms with Crippen LogP contribution in [0, 0.1) is 5.82 Å². The van der Waals surface area contributed by atoms with Crippen LogP contribution in [0.2, 0.25) is 0 Å². The van der Waals surface area contributed by atoms with E-state index in [2.05, 4.69) is 31.9 Å². The molecule has 0 bridgehead atoms. The van der Waals surface area contributed by atoms with Crippen molar-refractivity contribution >= 4 is 49.1 Å². The van der Waals surface area contributed by atoms with Crippen LogP contribution in [0.25, 0.3) is 0 Å². The normalized spacial score (nSPS) is 10.9. The molecule has 0 aliphatic carbocycles. The molecule has 2 rings (SSSR count). The van der Waals surface area contributed by atoms with E-state index in [4.69, 9.17) is 0 Å². The second-order valence-corrected chi connectivity index (χ2v) is 8.53. The van der Waals surface area contributed by atoms with Gasteiger partial charge in [0, 0.05) is 29.4 Å². The highest BCUT2D eigenvalue weighted by Gasteiger charge is 2.13. The van der Waals surface area contributed by atoms with Gasteiger partial charge in [-0.2, -0.15) is 0 Å². The van der Waals surface area contributed by atoms with Gasteiger partial charge in [0.1, 0.15) is 5.82 Å². The lowest BCUT2D eigenvalue weighted by Gasteiger charge is -2.10. The molecule has 0 aromatic heterocycles. The number of amides is 3. The summed E-state index contributed by atoms with van der Waals surface area (Å²) < 4.78 is 37.6. The van der Waals surface area contributed by atoms with Crippen molar-refractivity contribution in [2.24, 2.45) is 0 Å². The minimum absolute atomic E-state index is 0.0155. The maximum absolute atomic E-state index is 13.7. The van der Waals surface area contributed by atoms with Crippen LogP contribution in [-0.2, 0) is 14.6 Å². The molecule has 0 aliphatic rings. The van der Waals surface area contributed by atoms with Gasteiger partial charge in [0.2, 0.25) is 5.91 Å². The molecule has 144 valence electrons. The third-order valence-electron chi connectivity index (χ3n) is 3.38. The van der Waals surface area contributed by atoms with Crippen LogP contribution in [0.3, 0.4) is 0 Å². The number of carbonyl (C=O) groups excluding carboxylic acids is 2. The summed E-state index contributed by atoms with van der Waals surface area (Å²) in [6, 6.07) is 9.59. The molecule has 0 saturated heterocycles. The summed E-state index contributed by atoms with van der Waals surface area (Å²) in [6.45, 7) is 0.0155. The van der Waals surface area contributed by atoms with Crippen molar-refractivity contribution in [3.8, 4) is 0 Å². The van der Waals surface area contributed by atoms with Crippen molar-refractivity contribution < 1.29 is 22.4 Å². The van der Waals surface area contributed by atoms with E-state index in [-0.39, 0.29) is 23.5 Å². The number of carbonyl (C=O) groups is 2. The summed E-state index contributed by atoms with van der Waals surface area (Å²) in [5.41, 5.74) is 0.349. The topological polar surface area (TPSA) is 104 Å². The number of urea groups is 1. The summed E-state index contributed by atoms with van der Waals surface area (Å²) in [5, 5.41) is 7.39. The predicted octanol–water partition coefficient (Wildman–Crippen LogP) is 3.14. The van der Waals surface area contributed by atoms with E-state index in [1.54, 1.807) is 24.3 Å². The summed E-state index contributed by atoms with van der Waals surface area (Å²) in [4.78, 5) is 23.5. The Labute approximate surface area is 164 Å². The number of hydrogen-bond donors (Lipinski definition) is 3. The molecule has 27 heavy (non-hydrogen) atoms. The van der Waals surface area contributed by atoms with Crippen LogP contribution in [0.4, 0.5) is 20.6 Å². The number of rotatable bonds is 6. The Morgan fingerprint density at radius 3 is 2.37 bits per heavy atom. The molecule has 3 amide bonds. The molecular formula is C17H17BrFN3O4S. The van der Waals surface area contributed by atoms with E-state index in [0.717, 1.165) is 28.9 Å². The van der Waals surface area contributed by atoms with Gasteiger partial charge < -0.3 is 16.0 Å². The summed E-state index contributed by atoms with van der Waals surface area (Å²) in [6.07, 6.45) is 0.871. The standard InChI is InChI=1S/C17H17BrFN3O4S/c1-27(25,26)13-6-7-14(19)15(10-13)22-16(23)8-9-20-17(24)21-12-4-2-11(18)3-5-12/h2-7,10H,8-9H2,1H3,(H,22,23)(H2,20,21,24). The zero-order valence-electron chi connectivity index (χ0n) is 14.3. The zero-order valence-corrected chi connectivity index (χ0v) is 16.7. The van der Waals surface area contributed by atoms with Crippen molar-refractivity contribution in [2.45, 2.75) is 11.3 Å². The fraction of sp³-hybridized carbons (Fsp3) is 0.176. The second kappa shape index (κ2) is 8.96. The fourth-order valence-corrected chi connectivity index (χ4v) is 2.95. The Morgan fingerprint density at radius 1 is 1.07 bits per heavy atom. The number of sulfone groups is 1. The first-order chi connectivity index (χ1) is 12.6. The van der Waals surface area contributed by atoms with Gasteiger partial charge in [-0.25, -0.2) is 17.6 Å². The Bertz CT molecular complexity index is 949. The molecule has 0 saturated carbocycles. The molecular weight excluding hydrogens is 441 g/mol. The number of anilines is 2. The van der Waals surface area contributed by atoms with Crippen LogP contribution >= 0.6 is 15.9 Å². The maximum atomic E-state index is 13.7. The number of nitrogens with one attached hydrogen (secondary N) is 3. The average molecular weight is 458 g/mol. The minimum atomic E-state index is -3.52. The first-order valence-electron chi connectivity index (χ1n) is 7.75. The molecule has 0 unspecified atom stereocenters. The number of hydrogen-bond acceptors (Lipinski definition) is 4. The van der Waals surface area contributed by atoms with Gasteiger partial charge in [0.15, 0.2) is 9.84 Å². The van der Waals surface area contributed by atoms with Gasteiger partial charge in [0.25, 0.3) is 0 Å². The second-order valence-electron chi connectivity index (χ2n) is 5.60. The third kappa shape index (κ3) is 6.65. The van der Waals surface area contributed by atoms with Gasteiger partial charge in [-0.15, -0.1) is 0 Å². The highest BCUT2D eigenvalue weighted by atomic mass is 79.9. The number of halogens is 2. The molecule has 2 aromatic carbocycles. The molecule has 0 spiro atoms. The van der Waals surface area contributed by atoms with E-state index in [9.17, 15) is 22.4 Å². The van der Waals surface area contributed by atoms with Gasteiger partial charge >= 0.3 is 6.03 Å². The average Bonchev–Trinajstić information content (AvgIpc) is 2.58. The van der Waals surface area contributed by atoms with Crippen LogP contribution in [0.1, 0.15) is 6.42 Å². The Kier molecular flexibility index (Phi) is 6.92. The first kappa shape index (κ1) is 20.8. The van der Waals surface area contributed by atoms with Gasteiger partial charge in [0.05, 0.1) is 10.6 Å². The lowest BCUT2D eigenvalue weighted by Crippen LogP contribution is -2.31. The molecule has 2 aromatic rings. The van der Waals surface area contributed by atoms with Crippen LogP contribution in [0.5, 0.6) is 0 Å². The lowest BCUT2D eigenvalue weighted by molar-refractivity contribution is -0.116. The molecule has 10 heteroatoms. The predicted molar refractivity (Wildman–Crippen MR) is 104 cm³/mol. The largest absolute Gasteiger partial charge is 0.337 e. The van der Waals surface area contributed by atoms with E-state index in [1.807, 2.05) is 0 Å². The Morgan fingerprint density at radius 2 is 1.74 bits per heavy atom. The highest BCUT2D eigenvalue weighted by Crippen LogP contribution is 2.19. The molecule has 0 radical (unpaired) electrons. The molecule has 0 heterocycles. The Hall–Kier alpha value is -2.46. The smallest absolute Gasteiger partial charge is 0.319 e. The van der Waals surface area contributed by atoms with Gasteiger partial charge in [-0.3, -0.25) is 4.79 Å². The van der Waals surface area contributed by atoms with Crippen molar-refractivity contribution in [3.05, 3.63) is 52.8 Å². The molecule has 0 atom stereocenters. The first-order valence-corrected chi connectivity index (χ1v) is 10.4. The highest BCUT2D eigenvalue weighted by molar-refractivity contribution is 9.10. The minimum Gasteiger partial charge on any atom is -0.337 e. The summed E-state index contributed by atoms with van der Waals surface area (Å²) in [7, 11) is -3.52. The van der Waals surface area contributed by atoms with Crippen LogP contribution in [0.15, 0.2) is 51.8 Å². The van der Waals surface area contributed by atoms with Crippen LogP contribution < -0.4 is 16.0 Å². The Balaban J connectivity index is 1.84. The SMILES string of the molecule is CS(=O)(=O)c1ccc(F)c(NC(=O)CCNC(=O)Nc2ccc(Br)cc2)c1.